The highest BCUT2D eigenvalue weighted by Gasteiger charge is 2.49. The lowest BCUT2D eigenvalue weighted by molar-refractivity contribution is -0.0133. The Labute approximate surface area is 143 Å². The lowest BCUT2D eigenvalue weighted by atomic mass is 9.92. The fourth-order valence-electron chi connectivity index (χ4n) is 4.04. The van der Waals surface area contributed by atoms with Crippen LogP contribution in [0.25, 0.3) is 0 Å². The highest BCUT2D eigenvalue weighted by Crippen LogP contribution is 2.46. The number of ether oxygens (including phenoxy) is 2. The van der Waals surface area contributed by atoms with Crippen LogP contribution in [0.15, 0.2) is 30.3 Å². The SMILES string of the molecule is c1ccc(CN2CC3(CC(OCC4CCOCC4)CS3)C2)cc1. The van der Waals surface area contributed by atoms with Gasteiger partial charge in [-0.3, -0.25) is 4.90 Å². The second-order valence-electron chi connectivity index (χ2n) is 7.34. The van der Waals surface area contributed by atoms with E-state index in [1.807, 2.05) is 0 Å². The molecule has 0 aliphatic carbocycles. The van der Waals surface area contributed by atoms with Gasteiger partial charge in [0.1, 0.15) is 0 Å². The first kappa shape index (κ1) is 15.9. The Morgan fingerprint density at radius 1 is 1.17 bits per heavy atom. The molecule has 3 aliphatic heterocycles. The van der Waals surface area contributed by atoms with Crippen molar-refractivity contribution in [3.05, 3.63) is 35.9 Å². The fourth-order valence-corrected chi connectivity index (χ4v) is 5.64. The van der Waals surface area contributed by atoms with E-state index in [-0.39, 0.29) is 0 Å². The second-order valence-corrected chi connectivity index (χ2v) is 8.83. The van der Waals surface area contributed by atoms with Crippen LogP contribution in [-0.2, 0) is 16.0 Å². The average Bonchev–Trinajstić information content (AvgIpc) is 2.99. The first-order valence-corrected chi connectivity index (χ1v) is 9.89. The van der Waals surface area contributed by atoms with Crippen LogP contribution in [0.3, 0.4) is 0 Å². The van der Waals surface area contributed by atoms with Crippen molar-refractivity contribution in [3.8, 4) is 0 Å². The largest absolute Gasteiger partial charge is 0.381 e. The zero-order valence-corrected chi connectivity index (χ0v) is 14.6. The molecule has 23 heavy (non-hydrogen) atoms. The van der Waals surface area contributed by atoms with Gasteiger partial charge in [0.2, 0.25) is 0 Å². The Kier molecular flexibility index (Phi) is 4.95. The molecule has 1 atom stereocenters. The number of hydrogen-bond donors (Lipinski definition) is 0. The van der Waals surface area contributed by atoms with Crippen LogP contribution in [0.2, 0.25) is 0 Å². The molecular weight excluding hydrogens is 306 g/mol. The molecule has 1 aromatic carbocycles. The minimum absolute atomic E-state index is 0.474. The summed E-state index contributed by atoms with van der Waals surface area (Å²) in [5.74, 6) is 1.91. The Bertz CT molecular complexity index is 497. The maximum absolute atomic E-state index is 6.23. The Balaban J connectivity index is 1.19. The summed E-state index contributed by atoms with van der Waals surface area (Å²) in [7, 11) is 0. The minimum Gasteiger partial charge on any atom is -0.381 e. The Hall–Kier alpha value is -0.550. The molecule has 3 heterocycles. The maximum Gasteiger partial charge on any atom is 0.0680 e. The number of likely N-dealkylation sites (tertiary alicyclic amines) is 1. The van der Waals surface area contributed by atoms with Gasteiger partial charge in [0.15, 0.2) is 0 Å². The van der Waals surface area contributed by atoms with E-state index >= 15 is 0 Å². The molecule has 1 spiro atoms. The van der Waals surface area contributed by atoms with Gasteiger partial charge in [-0.1, -0.05) is 30.3 Å². The topological polar surface area (TPSA) is 21.7 Å². The summed E-state index contributed by atoms with van der Waals surface area (Å²) in [5, 5.41) is 0. The summed E-state index contributed by atoms with van der Waals surface area (Å²) in [6.45, 7) is 6.33. The van der Waals surface area contributed by atoms with E-state index < -0.39 is 0 Å². The van der Waals surface area contributed by atoms with E-state index in [1.165, 1.54) is 43.7 Å². The van der Waals surface area contributed by atoms with Gasteiger partial charge in [0.05, 0.1) is 6.10 Å². The van der Waals surface area contributed by atoms with Crippen molar-refractivity contribution < 1.29 is 9.47 Å². The smallest absolute Gasteiger partial charge is 0.0680 e. The van der Waals surface area contributed by atoms with E-state index in [2.05, 4.69) is 47.0 Å². The monoisotopic (exact) mass is 333 g/mol. The van der Waals surface area contributed by atoms with Crippen molar-refractivity contribution in [2.75, 3.05) is 38.7 Å². The van der Waals surface area contributed by atoms with Crippen LogP contribution in [0.5, 0.6) is 0 Å². The third-order valence-electron chi connectivity index (χ3n) is 5.36. The third-order valence-corrected chi connectivity index (χ3v) is 6.93. The molecule has 0 radical (unpaired) electrons. The number of benzene rings is 1. The molecule has 1 aromatic rings. The molecule has 126 valence electrons. The Morgan fingerprint density at radius 3 is 2.74 bits per heavy atom. The zero-order chi connectivity index (χ0) is 15.5. The van der Waals surface area contributed by atoms with Gasteiger partial charge < -0.3 is 9.47 Å². The van der Waals surface area contributed by atoms with E-state index in [0.717, 1.165) is 32.3 Å². The molecular formula is C19H27NO2S. The van der Waals surface area contributed by atoms with Gasteiger partial charge in [0.25, 0.3) is 0 Å². The van der Waals surface area contributed by atoms with Crippen molar-refractivity contribution in [1.82, 2.24) is 4.90 Å². The van der Waals surface area contributed by atoms with Crippen LogP contribution in [0.4, 0.5) is 0 Å². The van der Waals surface area contributed by atoms with Crippen LogP contribution in [0, 0.1) is 5.92 Å². The van der Waals surface area contributed by atoms with Gasteiger partial charge in [-0.15, -0.1) is 11.8 Å². The lowest BCUT2D eigenvalue weighted by Crippen LogP contribution is -2.58. The van der Waals surface area contributed by atoms with Gasteiger partial charge in [-0.25, -0.2) is 0 Å². The fraction of sp³-hybridized carbons (Fsp3) is 0.684. The molecule has 1 unspecified atom stereocenters. The van der Waals surface area contributed by atoms with Crippen molar-refractivity contribution in [2.45, 2.75) is 36.7 Å². The summed E-state index contributed by atoms with van der Waals surface area (Å²) >= 11 is 2.15. The molecule has 4 rings (SSSR count). The summed E-state index contributed by atoms with van der Waals surface area (Å²) in [6.07, 6.45) is 4.07. The zero-order valence-electron chi connectivity index (χ0n) is 13.8. The molecule has 3 nitrogen and oxygen atoms in total. The molecule has 0 amide bonds. The number of hydrogen-bond acceptors (Lipinski definition) is 4. The standard InChI is InChI=1S/C19H27NO2S/c1-2-4-16(5-3-1)11-20-14-19(15-20)10-18(13-23-19)22-12-17-6-8-21-9-7-17/h1-5,17-18H,6-15H2. The molecule has 0 N–H and O–H groups in total. The second kappa shape index (κ2) is 7.14. The molecule has 3 aliphatic rings. The van der Waals surface area contributed by atoms with E-state index in [1.54, 1.807) is 0 Å². The lowest BCUT2D eigenvalue weighted by Gasteiger charge is -2.47. The van der Waals surface area contributed by atoms with Gasteiger partial charge >= 0.3 is 0 Å². The summed E-state index contributed by atoms with van der Waals surface area (Å²) < 4.78 is 12.1. The number of nitrogens with zero attached hydrogens (tertiary/aromatic N) is 1. The molecule has 3 saturated heterocycles. The molecule has 4 heteroatoms. The molecule has 0 bridgehead atoms. The first-order chi connectivity index (χ1) is 11.3. The van der Waals surface area contributed by atoms with Crippen molar-refractivity contribution in [2.24, 2.45) is 5.92 Å². The van der Waals surface area contributed by atoms with Gasteiger partial charge in [0, 0.05) is 50.0 Å². The number of thioether (sulfide) groups is 1. The number of rotatable bonds is 5. The maximum atomic E-state index is 6.23. The molecule has 0 saturated carbocycles. The van der Waals surface area contributed by atoms with E-state index in [4.69, 9.17) is 9.47 Å². The van der Waals surface area contributed by atoms with Crippen LogP contribution >= 0.6 is 11.8 Å². The van der Waals surface area contributed by atoms with Crippen LogP contribution in [-0.4, -0.2) is 54.4 Å². The average molecular weight is 333 g/mol. The van der Waals surface area contributed by atoms with Crippen molar-refractivity contribution in [3.63, 3.8) is 0 Å². The molecule has 0 aromatic heterocycles. The summed E-state index contributed by atoms with van der Waals surface area (Å²) in [5.41, 5.74) is 1.43. The van der Waals surface area contributed by atoms with Gasteiger partial charge in [-0.05, 0) is 30.7 Å². The predicted octanol–water partition coefficient (Wildman–Crippen LogP) is 3.19. The van der Waals surface area contributed by atoms with Crippen molar-refractivity contribution >= 4 is 11.8 Å². The highest BCUT2D eigenvalue weighted by molar-refractivity contribution is 8.01. The first-order valence-electron chi connectivity index (χ1n) is 8.91. The highest BCUT2D eigenvalue weighted by atomic mass is 32.2. The van der Waals surface area contributed by atoms with E-state index in [0.29, 0.717) is 10.9 Å². The van der Waals surface area contributed by atoms with E-state index in [9.17, 15) is 0 Å². The quantitative estimate of drug-likeness (QED) is 0.825. The van der Waals surface area contributed by atoms with Crippen LogP contribution < -0.4 is 0 Å². The summed E-state index contributed by atoms with van der Waals surface area (Å²) in [4.78, 5) is 2.57. The van der Waals surface area contributed by atoms with Gasteiger partial charge in [-0.2, -0.15) is 0 Å². The third kappa shape index (κ3) is 3.93. The summed E-state index contributed by atoms with van der Waals surface area (Å²) in [6, 6.07) is 10.8. The molecule has 3 fully saturated rings. The normalized spacial score (nSPS) is 28.1. The minimum atomic E-state index is 0.474. The predicted molar refractivity (Wildman–Crippen MR) is 94.8 cm³/mol. The van der Waals surface area contributed by atoms with Crippen molar-refractivity contribution in [1.29, 1.82) is 0 Å². The Morgan fingerprint density at radius 2 is 1.96 bits per heavy atom. The van der Waals surface area contributed by atoms with Crippen LogP contribution in [0.1, 0.15) is 24.8 Å².